The Morgan fingerprint density at radius 1 is 1.07 bits per heavy atom. The highest BCUT2D eigenvalue weighted by atomic mass is 32.1. The molecule has 0 radical (unpaired) electrons. The number of hydrogen-bond donors (Lipinski definition) is 1. The fraction of sp³-hybridized carbons (Fsp3) is 0.222. The van der Waals surface area contributed by atoms with Gasteiger partial charge in [0.25, 0.3) is 17.3 Å². The summed E-state index contributed by atoms with van der Waals surface area (Å²) in [5.74, 6) is -0.533. The van der Waals surface area contributed by atoms with Crippen LogP contribution in [-0.4, -0.2) is 33.8 Å². The SMILES string of the molecule is O=C(Nc1nc2ccc([N+](=O)[O-])cc2s1)c1ccc(N2CCCC2)c([N+](=O)[O-])c1. The molecule has 0 unspecified atom stereocenters. The number of nitro benzene ring substituents is 2. The molecule has 2 aromatic carbocycles. The van der Waals surface area contributed by atoms with Crippen molar-refractivity contribution >= 4 is 49.7 Å². The number of carbonyl (C=O) groups excluding carboxylic acids is 1. The molecule has 1 saturated heterocycles. The monoisotopic (exact) mass is 413 g/mol. The van der Waals surface area contributed by atoms with Crippen LogP contribution >= 0.6 is 11.3 Å². The smallest absolute Gasteiger partial charge is 0.293 e. The number of thiazole rings is 1. The number of amides is 1. The van der Waals surface area contributed by atoms with E-state index in [9.17, 15) is 25.0 Å². The van der Waals surface area contributed by atoms with Crippen molar-refractivity contribution in [2.75, 3.05) is 23.3 Å². The molecule has 1 aliphatic rings. The van der Waals surface area contributed by atoms with Gasteiger partial charge in [-0.2, -0.15) is 0 Å². The number of benzene rings is 2. The number of fused-ring (bicyclic) bond motifs is 1. The van der Waals surface area contributed by atoms with Crippen molar-refractivity contribution in [3.63, 3.8) is 0 Å². The molecular weight excluding hydrogens is 398 g/mol. The molecule has 4 rings (SSSR count). The minimum absolute atomic E-state index is 0.0628. The zero-order valence-electron chi connectivity index (χ0n) is 15.0. The standard InChI is InChI=1S/C18H15N5O5S/c24-17(20-18-19-13-5-4-12(22(25)26)10-16(13)29-18)11-3-6-14(15(9-11)23(27)28)21-7-1-2-8-21/h3-6,9-10H,1-2,7-8H2,(H,19,20,24). The fourth-order valence-electron chi connectivity index (χ4n) is 3.29. The van der Waals surface area contributed by atoms with Crippen molar-refractivity contribution in [3.8, 4) is 0 Å². The first-order valence-electron chi connectivity index (χ1n) is 8.82. The number of hydrogen-bond acceptors (Lipinski definition) is 8. The summed E-state index contributed by atoms with van der Waals surface area (Å²) >= 11 is 1.10. The quantitative estimate of drug-likeness (QED) is 0.494. The molecule has 2 heterocycles. The van der Waals surface area contributed by atoms with Gasteiger partial charge in [-0.3, -0.25) is 30.3 Å². The van der Waals surface area contributed by atoms with Gasteiger partial charge in [0.2, 0.25) is 0 Å². The largest absolute Gasteiger partial charge is 0.366 e. The van der Waals surface area contributed by atoms with E-state index in [0.717, 1.165) is 37.3 Å². The lowest BCUT2D eigenvalue weighted by molar-refractivity contribution is -0.384. The average Bonchev–Trinajstić information content (AvgIpc) is 3.36. The number of nitrogens with one attached hydrogen (secondary N) is 1. The Labute approximate surface area is 168 Å². The Hall–Kier alpha value is -3.60. The highest BCUT2D eigenvalue weighted by Gasteiger charge is 2.24. The number of aromatic nitrogens is 1. The van der Waals surface area contributed by atoms with Crippen LogP contribution in [0.5, 0.6) is 0 Å². The van der Waals surface area contributed by atoms with Crippen molar-refractivity contribution in [3.05, 3.63) is 62.2 Å². The summed E-state index contributed by atoms with van der Waals surface area (Å²) < 4.78 is 0.560. The maximum Gasteiger partial charge on any atom is 0.293 e. The average molecular weight is 413 g/mol. The molecule has 1 aliphatic heterocycles. The van der Waals surface area contributed by atoms with Crippen molar-refractivity contribution < 1.29 is 14.6 Å². The second-order valence-corrected chi connectivity index (χ2v) is 7.57. The van der Waals surface area contributed by atoms with Crippen LogP contribution in [0.3, 0.4) is 0 Å². The Balaban J connectivity index is 1.59. The van der Waals surface area contributed by atoms with Gasteiger partial charge in [-0.1, -0.05) is 11.3 Å². The van der Waals surface area contributed by atoms with Gasteiger partial charge in [0.1, 0.15) is 5.69 Å². The maximum absolute atomic E-state index is 12.6. The summed E-state index contributed by atoms with van der Waals surface area (Å²) in [6.07, 6.45) is 1.96. The van der Waals surface area contributed by atoms with Crippen LogP contribution in [0.1, 0.15) is 23.2 Å². The first-order chi connectivity index (χ1) is 13.9. The first kappa shape index (κ1) is 18.7. The number of carbonyl (C=O) groups is 1. The number of nitrogens with zero attached hydrogens (tertiary/aromatic N) is 4. The topological polar surface area (TPSA) is 132 Å². The summed E-state index contributed by atoms with van der Waals surface area (Å²) in [6.45, 7) is 1.51. The van der Waals surface area contributed by atoms with E-state index in [1.807, 2.05) is 4.90 Å². The predicted molar refractivity (Wildman–Crippen MR) is 109 cm³/mol. The van der Waals surface area contributed by atoms with Gasteiger partial charge in [0, 0.05) is 36.9 Å². The van der Waals surface area contributed by atoms with Gasteiger partial charge in [-0.15, -0.1) is 0 Å². The molecule has 29 heavy (non-hydrogen) atoms. The van der Waals surface area contributed by atoms with Crippen molar-refractivity contribution in [2.45, 2.75) is 12.8 Å². The molecule has 1 fully saturated rings. The predicted octanol–water partition coefficient (Wildman–Crippen LogP) is 3.97. The lowest BCUT2D eigenvalue weighted by Crippen LogP contribution is -2.19. The number of anilines is 2. The van der Waals surface area contributed by atoms with Gasteiger partial charge < -0.3 is 4.90 Å². The van der Waals surface area contributed by atoms with Crippen LogP contribution in [0, 0.1) is 20.2 Å². The van der Waals surface area contributed by atoms with Crippen molar-refractivity contribution in [1.29, 1.82) is 0 Å². The van der Waals surface area contributed by atoms with E-state index in [4.69, 9.17) is 0 Å². The van der Waals surface area contributed by atoms with Crippen LogP contribution < -0.4 is 10.2 Å². The van der Waals surface area contributed by atoms with E-state index in [1.54, 1.807) is 12.1 Å². The zero-order chi connectivity index (χ0) is 20.5. The molecule has 0 spiro atoms. The number of nitro groups is 2. The normalized spacial score (nSPS) is 13.6. The zero-order valence-corrected chi connectivity index (χ0v) is 15.8. The van der Waals surface area contributed by atoms with Gasteiger partial charge in [-0.05, 0) is 31.0 Å². The molecule has 3 aromatic rings. The van der Waals surface area contributed by atoms with Gasteiger partial charge >= 0.3 is 0 Å². The van der Waals surface area contributed by atoms with E-state index in [2.05, 4.69) is 10.3 Å². The highest BCUT2D eigenvalue weighted by Crippen LogP contribution is 2.33. The van der Waals surface area contributed by atoms with Gasteiger partial charge in [0.05, 0.1) is 20.1 Å². The minimum Gasteiger partial charge on any atom is -0.366 e. The highest BCUT2D eigenvalue weighted by molar-refractivity contribution is 7.22. The molecule has 1 aromatic heterocycles. The maximum atomic E-state index is 12.6. The van der Waals surface area contributed by atoms with E-state index < -0.39 is 15.8 Å². The van der Waals surface area contributed by atoms with Crippen molar-refractivity contribution in [2.24, 2.45) is 0 Å². The van der Waals surface area contributed by atoms with Crippen LogP contribution in [0.15, 0.2) is 36.4 Å². The Bertz CT molecular complexity index is 1140. The molecule has 0 aliphatic carbocycles. The summed E-state index contributed by atoms with van der Waals surface area (Å²) in [5, 5.41) is 25.3. The van der Waals surface area contributed by atoms with E-state index >= 15 is 0 Å². The molecule has 1 N–H and O–H groups in total. The second-order valence-electron chi connectivity index (χ2n) is 6.54. The summed E-state index contributed by atoms with van der Waals surface area (Å²) in [5.41, 5.74) is 0.999. The Kier molecular flexibility index (Phi) is 4.80. The summed E-state index contributed by atoms with van der Waals surface area (Å²) in [6, 6.07) is 8.65. The van der Waals surface area contributed by atoms with Gasteiger partial charge in [-0.25, -0.2) is 4.98 Å². The lowest BCUT2D eigenvalue weighted by atomic mass is 10.1. The van der Waals surface area contributed by atoms with Crippen LogP contribution in [0.25, 0.3) is 10.2 Å². The third-order valence-electron chi connectivity index (χ3n) is 4.68. The lowest BCUT2D eigenvalue weighted by Gasteiger charge is -2.17. The summed E-state index contributed by atoms with van der Waals surface area (Å²) in [4.78, 5) is 40.2. The molecule has 10 nitrogen and oxygen atoms in total. The van der Waals surface area contributed by atoms with Crippen molar-refractivity contribution in [1.82, 2.24) is 4.98 Å². The molecule has 0 bridgehead atoms. The second kappa shape index (κ2) is 7.43. The molecule has 0 atom stereocenters. The molecular formula is C18H15N5O5S. The number of non-ortho nitro benzene ring substituents is 1. The number of rotatable bonds is 5. The van der Waals surface area contributed by atoms with E-state index in [-0.39, 0.29) is 22.1 Å². The van der Waals surface area contributed by atoms with Crippen LogP contribution in [-0.2, 0) is 0 Å². The van der Waals surface area contributed by atoms with Crippen LogP contribution in [0.2, 0.25) is 0 Å². The molecule has 148 valence electrons. The molecule has 11 heteroatoms. The Morgan fingerprint density at radius 3 is 2.52 bits per heavy atom. The first-order valence-corrected chi connectivity index (χ1v) is 9.64. The molecule has 1 amide bonds. The Morgan fingerprint density at radius 2 is 1.83 bits per heavy atom. The van der Waals surface area contributed by atoms with Crippen LogP contribution in [0.4, 0.5) is 22.2 Å². The fourth-order valence-corrected chi connectivity index (χ4v) is 4.18. The summed E-state index contributed by atoms with van der Waals surface area (Å²) in [7, 11) is 0. The third kappa shape index (κ3) is 3.72. The minimum atomic E-state index is -0.533. The molecule has 0 saturated carbocycles. The third-order valence-corrected chi connectivity index (χ3v) is 5.62. The van der Waals surface area contributed by atoms with E-state index in [0.29, 0.717) is 15.9 Å². The van der Waals surface area contributed by atoms with E-state index in [1.165, 1.54) is 24.3 Å². The van der Waals surface area contributed by atoms with Gasteiger partial charge in [0.15, 0.2) is 5.13 Å².